The summed E-state index contributed by atoms with van der Waals surface area (Å²) in [6.45, 7) is 4.85. The van der Waals surface area contributed by atoms with Crippen molar-refractivity contribution in [2.24, 2.45) is 0 Å². The summed E-state index contributed by atoms with van der Waals surface area (Å²) in [5, 5.41) is 23.2. The lowest BCUT2D eigenvalue weighted by molar-refractivity contribution is -0.143. The van der Waals surface area contributed by atoms with Crippen molar-refractivity contribution in [1.29, 1.82) is 0 Å². The molecular formula is C52H97NO5. The number of carbonyl (C=O) groups is 2. The third-order valence-corrected chi connectivity index (χ3v) is 11.4. The minimum Gasteiger partial charge on any atom is -0.466 e. The molecule has 0 radical (unpaired) electrons. The normalized spacial score (nSPS) is 13.0. The highest BCUT2D eigenvalue weighted by molar-refractivity contribution is 5.76. The van der Waals surface area contributed by atoms with Gasteiger partial charge in [0, 0.05) is 12.8 Å². The second-order valence-electron chi connectivity index (χ2n) is 17.1. The molecule has 0 rings (SSSR count). The van der Waals surface area contributed by atoms with Crippen LogP contribution in [0.1, 0.15) is 258 Å². The van der Waals surface area contributed by atoms with Gasteiger partial charge in [0.25, 0.3) is 0 Å². The lowest BCUT2D eigenvalue weighted by atomic mass is 10.0. The van der Waals surface area contributed by atoms with E-state index < -0.39 is 12.1 Å². The molecule has 3 N–H and O–H groups in total. The fourth-order valence-corrected chi connectivity index (χ4v) is 7.47. The summed E-state index contributed by atoms with van der Waals surface area (Å²) in [5.41, 5.74) is 0. The molecule has 6 heteroatoms. The first-order chi connectivity index (χ1) is 28.5. The largest absolute Gasteiger partial charge is 0.466 e. The fraction of sp³-hybridized carbons (Fsp3) is 0.846. The zero-order valence-electron chi connectivity index (χ0n) is 38.5. The zero-order valence-corrected chi connectivity index (χ0v) is 38.5. The molecule has 340 valence electrons. The Hall–Kier alpha value is -1.92. The number of nitrogens with one attached hydrogen (secondary N) is 1. The van der Waals surface area contributed by atoms with Crippen molar-refractivity contribution >= 4 is 11.9 Å². The summed E-state index contributed by atoms with van der Waals surface area (Å²) in [4.78, 5) is 24.4. The van der Waals surface area contributed by atoms with Crippen molar-refractivity contribution in [3.8, 4) is 0 Å². The van der Waals surface area contributed by atoms with Crippen molar-refractivity contribution in [3.05, 3.63) is 36.5 Å². The molecule has 0 saturated heterocycles. The number of unbranched alkanes of at least 4 members (excludes halogenated alkanes) is 29. The predicted molar refractivity (Wildman–Crippen MR) is 250 cm³/mol. The van der Waals surface area contributed by atoms with Crippen molar-refractivity contribution in [3.63, 3.8) is 0 Å². The van der Waals surface area contributed by atoms with Crippen LogP contribution < -0.4 is 5.32 Å². The molecule has 2 unspecified atom stereocenters. The van der Waals surface area contributed by atoms with Crippen LogP contribution >= 0.6 is 0 Å². The lowest BCUT2D eigenvalue weighted by Gasteiger charge is -2.22. The van der Waals surface area contributed by atoms with Gasteiger partial charge in [-0.2, -0.15) is 0 Å². The van der Waals surface area contributed by atoms with Gasteiger partial charge in [0.05, 0.1) is 25.4 Å². The molecule has 0 heterocycles. The minimum atomic E-state index is -0.681. The second-order valence-corrected chi connectivity index (χ2v) is 17.1. The number of allylic oxidation sites excluding steroid dienone is 6. The van der Waals surface area contributed by atoms with E-state index in [1.54, 1.807) is 0 Å². The maximum absolute atomic E-state index is 12.4. The van der Waals surface area contributed by atoms with Crippen molar-refractivity contribution in [2.45, 2.75) is 270 Å². The Morgan fingerprint density at radius 1 is 0.483 bits per heavy atom. The number of hydrogen-bond donors (Lipinski definition) is 3. The first kappa shape index (κ1) is 56.1. The van der Waals surface area contributed by atoms with Gasteiger partial charge in [-0.25, -0.2) is 0 Å². The molecule has 0 aliphatic rings. The molecule has 58 heavy (non-hydrogen) atoms. The van der Waals surface area contributed by atoms with Crippen LogP contribution in [0.15, 0.2) is 36.5 Å². The minimum absolute atomic E-state index is 0.0277. The second kappa shape index (κ2) is 47.8. The molecule has 0 aromatic heterocycles. The molecule has 0 fully saturated rings. The molecule has 6 nitrogen and oxygen atoms in total. The molecule has 0 aliphatic carbocycles. The summed E-state index contributed by atoms with van der Waals surface area (Å²) >= 11 is 0. The lowest BCUT2D eigenvalue weighted by Crippen LogP contribution is -2.45. The Morgan fingerprint density at radius 3 is 1.40 bits per heavy atom. The van der Waals surface area contributed by atoms with Crippen LogP contribution in [-0.2, 0) is 14.3 Å². The highest BCUT2D eigenvalue weighted by Crippen LogP contribution is 2.15. The van der Waals surface area contributed by atoms with E-state index in [2.05, 4.69) is 55.6 Å². The highest BCUT2D eigenvalue weighted by atomic mass is 16.5. The summed E-state index contributed by atoms with van der Waals surface area (Å²) in [7, 11) is 0. The first-order valence-electron chi connectivity index (χ1n) is 25.2. The molecule has 0 aliphatic heterocycles. The molecule has 0 aromatic rings. The van der Waals surface area contributed by atoms with E-state index in [0.717, 1.165) is 83.5 Å². The SMILES string of the molecule is CCCC/C=C\C/C=C\CCCCCCCC(=O)OCCCCCCCC/C=C\CCCCCC(=O)NC(CO)C(O)CCCCCCCCCCCCCCCC. The van der Waals surface area contributed by atoms with Crippen LogP contribution in [0.2, 0.25) is 0 Å². The van der Waals surface area contributed by atoms with Crippen LogP contribution in [0.4, 0.5) is 0 Å². The maximum atomic E-state index is 12.4. The Kier molecular flexibility index (Phi) is 46.2. The van der Waals surface area contributed by atoms with E-state index >= 15 is 0 Å². The molecular weight excluding hydrogens is 719 g/mol. The van der Waals surface area contributed by atoms with Gasteiger partial charge in [0.15, 0.2) is 0 Å². The van der Waals surface area contributed by atoms with Gasteiger partial charge in [-0.15, -0.1) is 0 Å². The predicted octanol–water partition coefficient (Wildman–Crippen LogP) is 14.9. The van der Waals surface area contributed by atoms with E-state index in [4.69, 9.17) is 4.74 Å². The summed E-state index contributed by atoms with van der Waals surface area (Å²) in [6, 6.07) is -0.562. The number of aliphatic hydroxyl groups is 2. The first-order valence-corrected chi connectivity index (χ1v) is 25.2. The van der Waals surface area contributed by atoms with E-state index in [9.17, 15) is 19.8 Å². The van der Waals surface area contributed by atoms with Gasteiger partial charge in [0.2, 0.25) is 5.91 Å². The highest BCUT2D eigenvalue weighted by Gasteiger charge is 2.20. The van der Waals surface area contributed by atoms with Crippen LogP contribution in [-0.4, -0.2) is 47.4 Å². The topological polar surface area (TPSA) is 95.9 Å². The number of aliphatic hydroxyl groups excluding tert-OH is 2. The number of amides is 1. The third-order valence-electron chi connectivity index (χ3n) is 11.4. The van der Waals surface area contributed by atoms with Crippen molar-refractivity contribution in [1.82, 2.24) is 5.32 Å². The smallest absolute Gasteiger partial charge is 0.305 e. The Labute approximate surface area is 360 Å². The Morgan fingerprint density at radius 2 is 0.879 bits per heavy atom. The average molecular weight is 816 g/mol. The van der Waals surface area contributed by atoms with Crippen molar-refractivity contribution in [2.75, 3.05) is 13.2 Å². The maximum Gasteiger partial charge on any atom is 0.305 e. The van der Waals surface area contributed by atoms with Crippen molar-refractivity contribution < 1.29 is 24.5 Å². The summed E-state index contributed by atoms with van der Waals surface area (Å²) in [5.74, 6) is -0.0942. The molecule has 0 spiro atoms. The van der Waals surface area contributed by atoms with Gasteiger partial charge in [-0.05, 0) is 77.0 Å². The van der Waals surface area contributed by atoms with E-state index in [1.807, 2.05) is 0 Å². The number of ether oxygens (including phenoxy) is 1. The van der Waals surface area contributed by atoms with Crippen LogP contribution in [0.3, 0.4) is 0 Å². The quantitative estimate of drug-likeness (QED) is 0.0323. The molecule has 0 aromatic carbocycles. The monoisotopic (exact) mass is 816 g/mol. The molecule has 2 atom stereocenters. The molecule has 0 saturated carbocycles. The summed E-state index contributed by atoms with van der Waals surface area (Å²) in [6.07, 6.45) is 56.8. The van der Waals surface area contributed by atoms with Gasteiger partial charge in [-0.1, -0.05) is 204 Å². The summed E-state index contributed by atoms with van der Waals surface area (Å²) < 4.78 is 5.44. The number of carbonyl (C=O) groups excluding carboxylic acids is 2. The van der Waals surface area contributed by atoms with E-state index in [0.29, 0.717) is 25.9 Å². The van der Waals surface area contributed by atoms with Gasteiger partial charge >= 0.3 is 5.97 Å². The standard InChI is InChI=1S/C52H97NO5/c1-3-5-7-9-11-13-15-17-20-24-28-32-36-40-44-50(55)49(48-54)53-51(56)45-41-37-33-29-25-21-19-23-27-31-35-39-43-47-58-52(57)46-42-38-34-30-26-22-18-16-14-12-10-8-6-4-2/h10,12,16,18,21,25,49-50,54-55H,3-9,11,13-15,17,19-20,22-24,26-48H2,1-2H3,(H,53,56)/b12-10-,18-16-,25-21-. The Bertz CT molecular complexity index is 946. The Balaban J connectivity index is 3.52. The molecule has 0 bridgehead atoms. The third kappa shape index (κ3) is 43.7. The van der Waals surface area contributed by atoms with Crippen LogP contribution in [0, 0.1) is 0 Å². The molecule has 1 amide bonds. The van der Waals surface area contributed by atoms with Crippen LogP contribution in [0.5, 0.6) is 0 Å². The number of esters is 1. The average Bonchev–Trinajstić information content (AvgIpc) is 3.22. The van der Waals surface area contributed by atoms with Gasteiger partial charge in [-0.3, -0.25) is 9.59 Å². The zero-order chi connectivity index (χ0) is 42.3. The van der Waals surface area contributed by atoms with Crippen LogP contribution in [0.25, 0.3) is 0 Å². The fourth-order valence-electron chi connectivity index (χ4n) is 7.47. The van der Waals surface area contributed by atoms with E-state index in [1.165, 1.54) is 141 Å². The number of hydrogen-bond acceptors (Lipinski definition) is 5. The van der Waals surface area contributed by atoms with Gasteiger partial charge in [0.1, 0.15) is 0 Å². The number of rotatable bonds is 46. The van der Waals surface area contributed by atoms with E-state index in [-0.39, 0.29) is 18.5 Å². The van der Waals surface area contributed by atoms with Gasteiger partial charge < -0.3 is 20.3 Å².